The number of hydrogen-bond acceptors (Lipinski definition) is 6. The predicted molar refractivity (Wildman–Crippen MR) is 138 cm³/mol. The van der Waals surface area contributed by atoms with E-state index < -0.39 is 10.0 Å². The largest absolute Gasteiger partial charge is 0.324 e. The number of amides is 1. The van der Waals surface area contributed by atoms with Gasteiger partial charge in [0, 0.05) is 5.39 Å². The summed E-state index contributed by atoms with van der Waals surface area (Å²) < 4.78 is 24.9. The normalized spacial score (nSPS) is 13.8. The number of hydrogen-bond donors (Lipinski definition) is 2. The molecule has 1 heterocycles. The second-order valence-electron chi connectivity index (χ2n) is 8.38. The molecule has 11 heteroatoms. The number of nitrogens with two attached hydrogens (primary N) is 1. The van der Waals surface area contributed by atoms with Crippen LogP contribution in [0.1, 0.15) is 30.1 Å². The Morgan fingerprint density at radius 2 is 1.89 bits per heavy atom. The topological polar surface area (TPSA) is 120 Å². The van der Waals surface area contributed by atoms with Gasteiger partial charge in [-0.3, -0.25) is 9.36 Å². The summed E-state index contributed by atoms with van der Waals surface area (Å²) in [6, 6.07) is 16.5. The van der Waals surface area contributed by atoms with Gasteiger partial charge in [-0.05, 0) is 60.9 Å². The van der Waals surface area contributed by atoms with Gasteiger partial charge >= 0.3 is 0 Å². The number of aromatic nitrogens is 3. The second kappa shape index (κ2) is 9.27. The number of carbonyl (C=O) groups is 1. The zero-order chi connectivity index (χ0) is 24.7. The number of aryl methyl sites for hydroxylation is 1. The fourth-order valence-electron chi connectivity index (χ4n) is 4.06. The molecule has 0 bridgehead atoms. The Morgan fingerprint density at radius 3 is 2.57 bits per heavy atom. The average molecular weight is 528 g/mol. The Morgan fingerprint density at radius 1 is 1.14 bits per heavy atom. The first-order valence-corrected chi connectivity index (χ1v) is 13.8. The zero-order valence-electron chi connectivity index (χ0n) is 18.7. The van der Waals surface area contributed by atoms with Crippen molar-refractivity contribution >= 4 is 55.8 Å². The molecule has 4 aromatic rings. The van der Waals surface area contributed by atoms with Crippen molar-refractivity contribution in [2.45, 2.75) is 35.7 Å². The molecular formula is C24H22ClN5O3S2. The van der Waals surface area contributed by atoms with Gasteiger partial charge in [0.15, 0.2) is 5.16 Å². The van der Waals surface area contributed by atoms with Gasteiger partial charge in [-0.2, -0.15) is 0 Å². The molecule has 0 unspecified atom stereocenters. The van der Waals surface area contributed by atoms with Crippen molar-refractivity contribution in [2.75, 3.05) is 11.1 Å². The van der Waals surface area contributed by atoms with Crippen LogP contribution in [0, 0.1) is 6.92 Å². The van der Waals surface area contributed by atoms with E-state index in [-0.39, 0.29) is 21.6 Å². The van der Waals surface area contributed by atoms with Crippen molar-refractivity contribution in [3.63, 3.8) is 0 Å². The van der Waals surface area contributed by atoms with E-state index in [4.69, 9.17) is 16.7 Å². The van der Waals surface area contributed by atoms with Crippen LogP contribution >= 0.6 is 23.4 Å². The summed E-state index contributed by atoms with van der Waals surface area (Å²) in [6.45, 7) is 1.88. The summed E-state index contributed by atoms with van der Waals surface area (Å²) in [6.07, 6.45) is 2.44. The van der Waals surface area contributed by atoms with Crippen molar-refractivity contribution in [2.24, 2.45) is 5.14 Å². The maximum Gasteiger partial charge on any atom is 0.238 e. The highest BCUT2D eigenvalue weighted by Crippen LogP contribution is 2.44. The monoisotopic (exact) mass is 527 g/mol. The summed E-state index contributed by atoms with van der Waals surface area (Å²) in [5, 5.41) is 19.4. The first-order valence-electron chi connectivity index (χ1n) is 10.9. The Kier molecular flexibility index (Phi) is 6.30. The van der Waals surface area contributed by atoms with Gasteiger partial charge in [0.1, 0.15) is 5.82 Å². The lowest BCUT2D eigenvalue weighted by atomic mass is 9.99. The molecular weight excluding hydrogens is 506 g/mol. The minimum atomic E-state index is -3.88. The van der Waals surface area contributed by atoms with Crippen LogP contribution in [0.15, 0.2) is 64.6 Å². The number of rotatable bonds is 7. The van der Waals surface area contributed by atoms with Crippen LogP contribution in [0.2, 0.25) is 5.02 Å². The molecule has 1 aromatic heterocycles. The van der Waals surface area contributed by atoms with Crippen LogP contribution in [-0.2, 0) is 14.8 Å². The third-order valence-corrected chi connectivity index (χ3v) is 8.02. The molecule has 0 atom stereocenters. The maximum atomic E-state index is 12.6. The van der Waals surface area contributed by atoms with Gasteiger partial charge in [-0.1, -0.05) is 53.7 Å². The number of fused-ring (bicyclic) bond motifs is 1. The number of thioether (sulfide) groups is 1. The molecule has 1 saturated carbocycles. The Bertz CT molecular complexity index is 1560. The fraction of sp³-hybridized carbons (Fsp3) is 0.208. The van der Waals surface area contributed by atoms with Crippen molar-refractivity contribution < 1.29 is 13.2 Å². The van der Waals surface area contributed by atoms with E-state index in [1.54, 1.807) is 0 Å². The molecule has 0 saturated heterocycles. The number of anilines is 1. The zero-order valence-corrected chi connectivity index (χ0v) is 21.1. The molecule has 0 radical (unpaired) electrons. The van der Waals surface area contributed by atoms with E-state index in [2.05, 4.69) is 45.8 Å². The quantitative estimate of drug-likeness (QED) is 0.338. The predicted octanol–water partition coefficient (Wildman–Crippen LogP) is 4.64. The van der Waals surface area contributed by atoms with Crippen LogP contribution in [-0.4, -0.2) is 34.8 Å². The molecule has 1 amide bonds. The van der Waals surface area contributed by atoms with Gasteiger partial charge in [-0.25, -0.2) is 13.6 Å². The van der Waals surface area contributed by atoms with Crippen molar-refractivity contribution in [3.8, 4) is 5.69 Å². The number of nitrogens with zero attached hydrogens (tertiary/aromatic N) is 3. The van der Waals surface area contributed by atoms with Gasteiger partial charge in [-0.15, -0.1) is 10.2 Å². The lowest BCUT2D eigenvalue weighted by Gasteiger charge is -2.14. The van der Waals surface area contributed by atoms with E-state index in [1.807, 2.05) is 17.6 Å². The Labute approximate surface area is 211 Å². The number of nitrogens with one attached hydrogen (secondary N) is 1. The maximum absolute atomic E-state index is 12.6. The van der Waals surface area contributed by atoms with Crippen molar-refractivity contribution in [3.05, 3.63) is 71.0 Å². The molecule has 3 N–H and O–H groups in total. The second-order valence-corrected chi connectivity index (χ2v) is 11.3. The Balaban J connectivity index is 1.37. The van der Waals surface area contributed by atoms with Gasteiger partial charge < -0.3 is 5.32 Å². The number of benzene rings is 3. The first kappa shape index (κ1) is 23.8. The molecule has 1 aliphatic carbocycles. The number of carbonyl (C=O) groups excluding carboxylic acids is 1. The lowest BCUT2D eigenvalue weighted by molar-refractivity contribution is -0.113. The summed E-state index contributed by atoms with van der Waals surface area (Å²) in [7, 11) is -3.88. The molecule has 0 spiro atoms. The fourth-order valence-corrected chi connectivity index (χ4v) is 5.68. The van der Waals surface area contributed by atoms with Gasteiger partial charge in [0.2, 0.25) is 15.9 Å². The SMILES string of the molecule is Cc1nnc(SCC(=O)Nc2ccc(S(N)(=O)=O)cc2Cl)n1-c1ccc(C2CC2)c2ccccc12. The van der Waals surface area contributed by atoms with Crippen LogP contribution in [0.4, 0.5) is 5.69 Å². The third kappa shape index (κ3) is 4.92. The van der Waals surface area contributed by atoms with Crippen molar-refractivity contribution in [1.82, 2.24) is 14.8 Å². The highest BCUT2D eigenvalue weighted by Gasteiger charge is 2.26. The smallest absolute Gasteiger partial charge is 0.238 e. The van der Waals surface area contributed by atoms with E-state index in [9.17, 15) is 13.2 Å². The molecule has 1 aliphatic rings. The average Bonchev–Trinajstić information content (AvgIpc) is 3.60. The molecule has 1 fully saturated rings. The number of halogens is 1. The van der Waals surface area contributed by atoms with Gasteiger partial charge in [0.05, 0.1) is 27.0 Å². The highest BCUT2D eigenvalue weighted by atomic mass is 35.5. The minimum Gasteiger partial charge on any atom is -0.324 e. The highest BCUT2D eigenvalue weighted by molar-refractivity contribution is 7.99. The number of primary sulfonamides is 1. The molecule has 35 heavy (non-hydrogen) atoms. The molecule has 8 nitrogen and oxygen atoms in total. The lowest BCUT2D eigenvalue weighted by Crippen LogP contribution is -2.16. The standard InChI is InChI=1S/C24H22ClN5O3S2/c1-14-28-29-24(34-13-23(31)27-21-10-8-16(12-20(21)25)35(26,32)33)30(14)22-11-9-17(15-6-7-15)18-4-2-3-5-19(18)22/h2-5,8-12,15H,6-7,13H2,1H3,(H,27,31)(H2,26,32,33). The summed E-state index contributed by atoms with van der Waals surface area (Å²) >= 11 is 7.39. The molecule has 180 valence electrons. The third-order valence-electron chi connectivity index (χ3n) is 5.86. The minimum absolute atomic E-state index is 0.0590. The van der Waals surface area contributed by atoms with E-state index >= 15 is 0 Å². The summed E-state index contributed by atoms with van der Waals surface area (Å²) in [5.41, 5.74) is 2.63. The van der Waals surface area contributed by atoms with Crippen LogP contribution in [0.25, 0.3) is 16.5 Å². The first-order chi connectivity index (χ1) is 16.7. The Hall–Kier alpha value is -2.92. The summed E-state index contributed by atoms with van der Waals surface area (Å²) in [4.78, 5) is 12.5. The van der Waals surface area contributed by atoms with E-state index in [1.165, 1.54) is 53.8 Å². The van der Waals surface area contributed by atoms with Crippen LogP contribution in [0.3, 0.4) is 0 Å². The van der Waals surface area contributed by atoms with E-state index in [0.717, 1.165) is 16.9 Å². The number of sulfonamides is 1. The summed E-state index contributed by atoms with van der Waals surface area (Å²) in [5.74, 6) is 1.09. The van der Waals surface area contributed by atoms with Crippen molar-refractivity contribution in [1.29, 1.82) is 0 Å². The molecule has 5 rings (SSSR count). The van der Waals surface area contributed by atoms with Crippen LogP contribution in [0.5, 0.6) is 0 Å². The molecule has 3 aromatic carbocycles. The molecule has 0 aliphatic heterocycles. The van der Waals surface area contributed by atoms with Gasteiger partial charge in [0.25, 0.3) is 0 Å². The van der Waals surface area contributed by atoms with E-state index in [0.29, 0.717) is 16.8 Å². The van der Waals surface area contributed by atoms with Crippen LogP contribution < -0.4 is 10.5 Å².